The average molecular weight is 402 g/mol. The van der Waals surface area contributed by atoms with Gasteiger partial charge in [0, 0.05) is 26.2 Å². The number of benzene rings is 1. The van der Waals surface area contributed by atoms with E-state index in [2.05, 4.69) is 15.2 Å². The number of halogens is 3. The van der Waals surface area contributed by atoms with E-state index >= 15 is 0 Å². The second-order valence-electron chi connectivity index (χ2n) is 6.74. The fraction of sp³-hybridized carbons (Fsp3) is 0.632. The quantitative estimate of drug-likeness (QED) is 0.561. The van der Waals surface area contributed by atoms with Gasteiger partial charge in [-0.05, 0) is 43.7 Å². The molecule has 0 saturated heterocycles. The molecule has 0 aromatic heterocycles. The van der Waals surface area contributed by atoms with Crippen molar-refractivity contribution < 1.29 is 22.6 Å². The number of methoxy groups -OCH3 is 2. The smallest absolute Gasteiger partial charge is 0.401 e. The van der Waals surface area contributed by atoms with Crippen LogP contribution in [0.4, 0.5) is 13.2 Å². The summed E-state index contributed by atoms with van der Waals surface area (Å²) in [4.78, 5) is 7.87. The van der Waals surface area contributed by atoms with Crippen molar-refractivity contribution in [3.63, 3.8) is 0 Å². The fourth-order valence-corrected chi connectivity index (χ4v) is 3.20. The zero-order chi connectivity index (χ0) is 20.7. The van der Waals surface area contributed by atoms with Crippen LogP contribution in [0.15, 0.2) is 17.1 Å². The number of nitrogens with one attached hydrogen (secondary N) is 1. The van der Waals surface area contributed by atoms with Crippen LogP contribution >= 0.6 is 0 Å². The monoisotopic (exact) mass is 402 g/mol. The molecule has 9 heteroatoms. The number of aliphatic imine (C=N–C) groups is 1. The first-order valence-electron chi connectivity index (χ1n) is 9.29. The molecule has 1 aromatic rings. The highest BCUT2D eigenvalue weighted by atomic mass is 19.4. The summed E-state index contributed by atoms with van der Waals surface area (Å²) in [6, 6.07) is 3.97. The summed E-state index contributed by atoms with van der Waals surface area (Å²) in [7, 11) is 4.67. The van der Waals surface area contributed by atoms with Crippen molar-refractivity contribution in [3.05, 3.63) is 23.3 Å². The topological polar surface area (TPSA) is 49.3 Å². The van der Waals surface area contributed by atoms with Crippen LogP contribution in [0.5, 0.6) is 11.5 Å². The third-order valence-electron chi connectivity index (χ3n) is 4.54. The van der Waals surface area contributed by atoms with Gasteiger partial charge in [0.15, 0.2) is 17.5 Å². The minimum absolute atomic E-state index is 0.240. The number of alkyl halides is 3. The van der Waals surface area contributed by atoms with E-state index in [-0.39, 0.29) is 6.54 Å². The third-order valence-corrected chi connectivity index (χ3v) is 4.54. The van der Waals surface area contributed by atoms with Crippen molar-refractivity contribution in [3.8, 4) is 11.5 Å². The third kappa shape index (κ3) is 6.19. The molecule has 2 rings (SSSR count). The summed E-state index contributed by atoms with van der Waals surface area (Å²) in [6.45, 7) is 3.68. The predicted molar refractivity (Wildman–Crippen MR) is 103 cm³/mol. The number of fused-ring (bicyclic) bond motifs is 1. The molecule has 0 saturated carbocycles. The van der Waals surface area contributed by atoms with Crippen LogP contribution in [0.2, 0.25) is 0 Å². The van der Waals surface area contributed by atoms with Crippen LogP contribution in [0.25, 0.3) is 0 Å². The normalized spacial score (nSPS) is 14.9. The van der Waals surface area contributed by atoms with Crippen LogP contribution in [0.1, 0.15) is 18.1 Å². The first-order valence-corrected chi connectivity index (χ1v) is 9.29. The lowest BCUT2D eigenvalue weighted by Crippen LogP contribution is -2.44. The number of likely N-dealkylation sites (N-methyl/N-ethyl adjacent to an activating group) is 1. The van der Waals surface area contributed by atoms with Crippen LogP contribution in [0.3, 0.4) is 0 Å². The minimum atomic E-state index is -4.19. The van der Waals surface area contributed by atoms with Crippen molar-refractivity contribution in [2.45, 2.75) is 26.1 Å². The molecule has 0 atom stereocenters. The lowest BCUT2D eigenvalue weighted by atomic mass is 9.99. The molecule has 6 nitrogen and oxygen atoms in total. The zero-order valence-electron chi connectivity index (χ0n) is 16.9. The largest absolute Gasteiger partial charge is 0.493 e. The van der Waals surface area contributed by atoms with Crippen molar-refractivity contribution in [1.82, 2.24) is 15.1 Å². The molecule has 1 aromatic carbocycles. The van der Waals surface area contributed by atoms with E-state index in [1.807, 2.05) is 19.1 Å². The highest BCUT2D eigenvalue weighted by Crippen LogP contribution is 2.33. The Morgan fingerprint density at radius 3 is 2.43 bits per heavy atom. The SMILES string of the molecule is CCNC(=NCCN(C)CC(F)(F)F)N1CCc2cc(OC)c(OC)cc2C1. The summed E-state index contributed by atoms with van der Waals surface area (Å²) in [5.41, 5.74) is 2.33. The number of nitrogens with zero attached hydrogens (tertiary/aromatic N) is 3. The highest BCUT2D eigenvalue weighted by molar-refractivity contribution is 5.80. The Kier molecular flexibility index (Phi) is 7.79. The summed E-state index contributed by atoms with van der Waals surface area (Å²) in [6.07, 6.45) is -3.37. The Hall–Kier alpha value is -2.16. The maximum atomic E-state index is 12.4. The number of rotatable bonds is 7. The number of hydrogen-bond acceptors (Lipinski definition) is 4. The zero-order valence-corrected chi connectivity index (χ0v) is 16.9. The van der Waals surface area contributed by atoms with E-state index < -0.39 is 12.7 Å². The van der Waals surface area contributed by atoms with Crippen LogP contribution in [0, 0.1) is 0 Å². The molecule has 28 heavy (non-hydrogen) atoms. The summed E-state index contributed by atoms with van der Waals surface area (Å²) >= 11 is 0. The molecular formula is C19H29F3N4O2. The maximum Gasteiger partial charge on any atom is 0.401 e. The van der Waals surface area contributed by atoms with Crippen LogP contribution in [-0.4, -0.2) is 75.9 Å². The van der Waals surface area contributed by atoms with Crippen molar-refractivity contribution in [1.29, 1.82) is 0 Å². The van der Waals surface area contributed by atoms with Gasteiger partial charge in [-0.1, -0.05) is 0 Å². The second-order valence-corrected chi connectivity index (χ2v) is 6.74. The number of guanidine groups is 1. The van der Waals surface area contributed by atoms with Gasteiger partial charge in [0.25, 0.3) is 0 Å². The van der Waals surface area contributed by atoms with E-state index in [0.29, 0.717) is 37.1 Å². The van der Waals surface area contributed by atoms with Gasteiger partial charge in [0.1, 0.15) is 0 Å². The fourth-order valence-electron chi connectivity index (χ4n) is 3.20. The van der Waals surface area contributed by atoms with Gasteiger partial charge < -0.3 is 19.7 Å². The molecule has 1 aliphatic rings. The van der Waals surface area contributed by atoms with Crippen molar-refractivity contribution >= 4 is 5.96 Å². The van der Waals surface area contributed by atoms with Crippen LogP contribution in [-0.2, 0) is 13.0 Å². The van der Waals surface area contributed by atoms with E-state index in [0.717, 1.165) is 18.5 Å². The highest BCUT2D eigenvalue weighted by Gasteiger charge is 2.29. The summed E-state index contributed by atoms with van der Waals surface area (Å²) < 4.78 is 48.1. The standard InChI is InChI=1S/C19H29F3N4O2/c1-5-23-18(24-7-9-25(2)13-19(20,21)22)26-8-6-14-10-16(27-3)17(28-4)11-15(14)12-26/h10-11H,5-9,12-13H2,1-4H3,(H,23,24). The Balaban J connectivity index is 2.06. The Morgan fingerprint density at radius 1 is 1.21 bits per heavy atom. The van der Waals surface area contributed by atoms with Gasteiger partial charge in [0.2, 0.25) is 0 Å². The molecule has 0 radical (unpaired) electrons. The Labute approximate surface area is 164 Å². The molecule has 0 unspecified atom stereocenters. The van der Waals surface area contributed by atoms with E-state index in [9.17, 15) is 13.2 Å². The van der Waals surface area contributed by atoms with Gasteiger partial charge in [0.05, 0.1) is 27.3 Å². The van der Waals surface area contributed by atoms with Gasteiger partial charge in [-0.3, -0.25) is 9.89 Å². The molecule has 0 spiro atoms. The Morgan fingerprint density at radius 2 is 1.86 bits per heavy atom. The van der Waals surface area contributed by atoms with Gasteiger partial charge in [-0.2, -0.15) is 13.2 Å². The average Bonchev–Trinajstić information content (AvgIpc) is 2.64. The van der Waals surface area contributed by atoms with E-state index in [4.69, 9.17) is 9.47 Å². The maximum absolute atomic E-state index is 12.4. The first-order chi connectivity index (χ1) is 13.3. The lowest BCUT2D eigenvalue weighted by Gasteiger charge is -2.32. The molecule has 0 amide bonds. The van der Waals surface area contributed by atoms with Gasteiger partial charge >= 0.3 is 6.18 Å². The Bertz CT molecular complexity index is 680. The van der Waals surface area contributed by atoms with E-state index in [1.54, 1.807) is 14.2 Å². The molecule has 0 aliphatic carbocycles. The van der Waals surface area contributed by atoms with Gasteiger partial charge in [-0.15, -0.1) is 0 Å². The van der Waals surface area contributed by atoms with Crippen molar-refractivity contribution in [2.24, 2.45) is 4.99 Å². The molecule has 158 valence electrons. The molecule has 1 heterocycles. The lowest BCUT2D eigenvalue weighted by molar-refractivity contribution is -0.142. The van der Waals surface area contributed by atoms with Crippen molar-refractivity contribution in [2.75, 3.05) is 54.0 Å². The summed E-state index contributed by atoms with van der Waals surface area (Å²) in [5.74, 6) is 2.10. The van der Waals surface area contributed by atoms with Crippen LogP contribution < -0.4 is 14.8 Å². The molecule has 0 fully saturated rings. The minimum Gasteiger partial charge on any atom is -0.493 e. The molecule has 0 bridgehead atoms. The molecule has 1 aliphatic heterocycles. The predicted octanol–water partition coefficient (Wildman–Crippen LogP) is 2.52. The second kappa shape index (κ2) is 9.86. The van der Waals surface area contributed by atoms with E-state index in [1.165, 1.54) is 17.5 Å². The number of hydrogen-bond donors (Lipinski definition) is 1. The molecular weight excluding hydrogens is 373 g/mol. The molecule has 1 N–H and O–H groups in total. The first kappa shape index (κ1) is 22.1. The summed E-state index contributed by atoms with van der Waals surface area (Å²) in [5, 5.41) is 3.24. The van der Waals surface area contributed by atoms with Gasteiger partial charge in [-0.25, -0.2) is 0 Å². The number of ether oxygens (including phenoxy) is 2.